The summed E-state index contributed by atoms with van der Waals surface area (Å²) in [7, 11) is 0. The molecule has 0 saturated heterocycles. The van der Waals surface area contributed by atoms with Crippen LogP contribution in [0.1, 0.15) is 48.6 Å². The molecular weight excluding hydrogens is 488 g/mol. The van der Waals surface area contributed by atoms with Crippen LogP contribution in [-0.4, -0.2) is 0 Å². The second kappa shape index (κ2) is 7.13. The van der Waals surface area contributed by atoms with E-state index in [-0.39, 0.29) is 10.8 Å². The van der Waals surface area contributed by atoms with Crippen molar-refractivity contribution >= 4 is 43.1 Å². The van der Waals surface area contributed by atoms with Gasteiger partial charge >= 0.3 is 0 Å². The van der Waals surface area contributed by atoms with Crippen LogP contribution in [-0.2, 0) is 10.8 Å². The highest BCUT2D eigenvalue weighted by molar-refractivity contribution is 7.26. The van der Waals surface area contributed by atoms with Crippen molar-refractivity contribution in [2.45, 2.75) is 31.6 Å². The molecule has 1 unspecified atom stereocenters. The molecule has 0 N–H and O–H groups in total. The number of fused-ring (bicyclic) bond motifs is 14. The molecule has 2 aliphatic rings. The fourth-order valence-corrected chi connectivity index (χ4v) is 8.21. The quantitative estimate of drug-likeness (QED) is 0.189. The topological polar surface area (TPSA) is 0 Å². The van der Waals surface area contributed by atoms with Crippen molar-refractivity contribution in [1.29, 1.82) is 0 Å². The Labute approximate surface area is 226 Å². The second-order valence-electron chi connectivity index (χ2n) is 11.5. The molecule has 1 atom stereocenters. The Morgan fingerprint density at radius 2 is 1.35 bits per heavy atom. The molecule has 1 spiro atoms. The van der Waals surface area contributed by atoms with Crippen molar-refractivity contribution in [2.75, 3.05) is 0 Å². The maximum atomic E-state index is 6.78. The molecule has 0 aliphatic heterocycles. The summed E-state index contributed by atoms with van der Waals surface area (Å²) in [5.74, 6) is 0. The summed E-state index contributed by atoms with van der Waals surface area (Å²) in [6.45, 7) is 6.91. The average molecular weight is 513 g/mol. The zero-order chi connectivity index (χ0) is 25.1. The van der Waals surface area contributed by atoms with Crippen LogP contribution >= 0.6 is 22.9 Å². The van der Waals surface area contributed by atoms with Crippen LogP contribution in [0.25, 0.3) is 42.4 Å². The Morgan fingerprint density at radius 1 is 0.622 bits per heavy atom. The Kier molecular flexibility index (Phi) is 4.18. The van der Waals surface area contributed by atoms with E-state index in [1.54, 1.807) is 0 Å². The summed E-state index contributed by atoms with van der Waals surface area (Å²) in [6, 6.07) is 36.3. The van der Waals surface area contributed by atoms with Gasteiger partial charge in [0.2, 0.25) is 0 Å². The highest BCUT2D eigenvalue weighted by Gasteiger charge is 2.52. The Hall–Kier alpha value is -3.39. The third kappa shape index (κ3) is 2.64. The van der Waals surface area contributed by atoms with E-state index in [9.17, 15) is 0 Å². The maximum Gasteiger partial charge on any atom is 0.0726 e. The minimum Gasteiger partial charge on any atom is -0.135 e. The summed E-state index contributed by atoms with van der Waals surface area (Å²) < 4.78 is 2.68. The molecule has 0 fully saturated rings. The maximum absolute atomic E-state index is 6.78. The SMILES string of the molecule is CC(C)(C)c1ccc2c(c1)C1(c3ccccc3-2)c2cc(Cl)ccc2-c2c1ccc1sc3ccccc3c21. The van der Waals surface area contributed by atoms with E-state index in [2.05, 4.69) is 118 Å². The third-order valence-electron chi connectivity index (χ3n) is 8.51. The smallest absolute Gasteiger partial charge is 0.0726 e. The molecule has 37 heavy (non-hydrogen) atoms. The molecule has 0 nitrogen and oxygen atoms in total. The molecule has 0 amide bonds. The zero-order valence-corrected chi connectivity index (χ0v) is 22.6. The number of benzene rings is 5. The third-order valence-corrected chi connectivity index (χ3v) is 9.88. The molecule has 1 heterocycles. The first kappa shape index (κ1) is 21.7. The lowest BCUT2D eigenvalue weighted by molar-refractivity contribution is 0.588. The first-order valence-electron chi connectivity index (χ1n) is 12.9. The van der Waals surface area contributed by atoms with E-state index in [0.717, 1.165) is 5.02 Å². The van der Waals surface area contributed by atoms with Gasteiger partial charge in [-0.05, 0) is 79.8 Å². The van der Waals surface area contributed by atoms with Gasteiger partial charge in [0.15, 0.2) is 0 Å². The predicted molar refractivity (Wildman–Crippen MR) is 159 cm³/mol. The predicted octanol–water partition coefficient (Wildman–Crippen LogP) is 10.3. The molecule has 0 radical (unpaired) electrons. The van der Waals surface area contributed by atoms with Gasteiger partial charge in [0, 0.05) is 25.2 Å². The molecule has 8 rings (SSSR count). The van der Waals surface area contributed by atoms with Gasteiger partial charge < -0.3 is 0 Å². The number of thiophene rings is 1. The molecule has 2 aliphatic carbocycles. The van der Waals surface area contributed by atoms with Crippen molar-refractivity contribution in [1.82, 2.24) is 0 Å². The monoisotopic (exact) mass is 512 g/mol. The van der Waals surface area contributed by atoms with E-state index in [4.69, 9.17) is 11.6 Å². The van der Waals surface area contributed by atoms with Crippen LogP contribution in [0.4, 0.5) is 0 Å². The summed E-state index contributed by atoms with van der Waals surface area (Å²) >= 11 is 8.67. The fraction of sp³-hybridized carbons (Fsp3) is 0.143. The Morgan fingerprint density at radius 3 is 2.22 bits per heavy atom. The summed E-state index contributed by atoms with van der Waals surface area (Å²) in [6.07, 6.45) is 0. The Bertz CT molecular complexity index is 1930. The molecule has 6 aromatic rings. The minimum absolute atomic E-state index is 0.0527. The van der Waals surface area contributed by atoms with Crippen molar-refractivity contribution in [3.8, 4) is 22.3 Å². The largest absolute Gasteiger partial charge is 0.135 e. The Balaban J connectivity index is 1.61. The van der Waals surface area contributed by atoms with Crippen molar-refractivity contribution in [3.63, 3.8) is 0 Å². The number of hydrogen-bond donors (Lipinski definition) is 0. The lowest BCUT2D eigenvalue weighted by Gasteiger charge is -2.32. The van der Waals surface area contributed by atoms with Crippen molar-refractivity contribution in [2.24, 2.45) is 0 Å². The second-order valence-corrected chi connectivity index (χ2v) is 13.0. The van der Waals surface area contributed by atoms with Gasteiger partial charge in [-0.3, -0.25) is 0 Å². The van der Waals surface area contributed by atoms with E-state index >= 15 is 0 Å². The van der Waals surface area contributed by atoms with Crippen LogP contribution in [0.3, 0.4) is 0 Å². The standard InChI is InChI=1S/C35H25ClS/c1-34(2,3)20-12-14-23-22-8-4-6-10-26(22)35(28(23)18-20)27-16-17-31-33(25-9-5-7-11-30(25)37-31)32(27)24-15-13-21(36)19-29(24)35/h4-19H,1-3H3. The molecule has 0 saturated carbocycles. The molecule has 1 aromatic heterocycles. The molecule has 2 heteroatoms. The van der Waals surface area contributed by atoms with Crippen LogP contribution in [0.2, 0.25) is 5.02 Å². The molecular formula is C35H25ClS. The fourth-order valence-electron chi connectivity index (χ4n) is 6.93. The van der Waals surface area contributed by atoms with E-state index < -0.39 is 0 Å². The average Bonchev–Trinajstić information content (AvgIpc) is 3.51. The summed E-state index contributed by atoms with van der Waals surface area (Å²) in [5, 5.41) is 3.50. The minimum atomic E-state index is -0.389. The lowest BCUT2D eigenvalue weighted by Crippen LogP contribution is -2.26. The lowest BCUT2D eigenvalue weighted by atomic mass is 9.69. The molecule has 0 bridgehead atoms. The first-order valence-corrected chi connectivity index (χ1v) is 14.1. The number of rotatable bonds is 0. The van der Waals surface area contributed by atoms with Gasteiger partial charge in [0.25, 0.3) is 0 Å². The van der Waals surface area contributed by atoms with Gasteiger partial charge in [-0.1, -0.05) is 105 Å². The van der Waals surface area contributed by atoms with Gasteiger partial charge in [-0.2, -0.15) is 0 Å². The highest BCUT2D eigenvalue weighted by atomic mass is 35.5. The van der Waals surface area contributed by atoms with Crippen LogP contribution in [0, 0.1) is 0 Å². The highest BCUT2D eigenvalue weighted by Crippen LogP contribution is 2.65. The first-order chi connectivity index (χ1) is 17.9. The van der Waals surface area contributed by atoms with Crippen LogP contribution in [0.15, 0.2) is 97.1 Å². The van der Waals surface area contributed by atoms with E-state index in [1.165, 1.54) is 70.2 Å². The normalized spacial score (nSPS) is 17.3. The summed E-state index contributed by atoms with van der Waals surface area (Å²) in [5.41, 5.74) is 11.8. The van der Waals surface area contributed by atoms with Gasteiger partial charge in [-0.25, -0.2) is 0 Å². The van der Waals surface area contributed by atoms with E-state index in [0.29, 0.717) is 0 Å². The van der Waals surface area contributed by atoms with Crippen LogP contribution in [0.5, 0.6) is 0 Å². The molecule has 178 valence electrons. The zero-order valence-electron chi connectivity index (χ0n) is 21.0. The van der Waals surface area contributed by atoms with Crippen LogP contribution < -0.4 is 0 Å². The number of halogens is 1. The van der Waals surface area contributed by atoms with Gasteiger partial charge in [0.05, 0.1) is 5.41 Å². The number of hydrogen-bond acceptors (Lipinski definition) is 1. The van der Waals surface area contributed by atoms with Crippen molar-refractivity contribution < 1.29 is 0 Å². The van der Waals surface area contributed by atoms with Gasteiger partial charge in [-0.15, -0.1) is 11.3 Å². The molecule has 5 aromatic carbocycles. The summed E-state index contributed by atoms with van der Waals surface area (Å²) in [4.78, 5) is 0. The van der Waals surface area contributed by atoms with E-state index in [1.807, 2.05) is 11.3 Å². The van der Waals surface area contributed by atoms with Gasteiger partial charge in [0.1, 0.15) is 0 Å². The van der Waals surface area contributed by atoms with Crippen molar-refractivity contribution in [3.05, 3.63) is 130 Å².